The van der Waals surface area contributed by atoms with Crippen LogP contribution in [0.1, 0.15) is 40.2 Å². The largest absolute Gasteiger partial charge is 0.465 e. The van der Waals surface area contributed by atoms with E-state index in [1.54, 1.807) is 11.1 Å². The highest BCUT2D eigenvalue weighted by Crippen LogP contribution is 2.33. The lowest BCUT2D eigenvalue weighted by molar-refractivity contribution is -0.129. The Bertz CT molecular complexity index is 890. The Balaban J connectivity index is 1.76. The lowest BCUT2D eigenvalue weighted by Crippen LogP contribution is -2.33. The second-order valence-electron chi connectivity index (χ2n) is 5.66. The van der Waals surface area contributed by atoms with E-state index in [2.05, 4.69) is 15.0 Å². The van der Waals surface area contributed by atoms with Gasteiger partial charge in [0.1, 0.15) is 4.88 Å². The predicted molar refractivity (Wildman–Crippen MR) is 97.4 cm³/mol. The van der Waals surface area contributed by atoms with Gasteiger partial charge in [-0.2, -0.15) is 0 Å². The van der Waals surface area contributed by atoms with E-state index in [-0.39, 0.29) is 18.2 Å². The smallest absolute Gasteiger partial charge is 0.349 e. The van der Waals surface area contributed by atoms with Gasteiger partial charge in [0, 0.05) is 13.1 Å². The van der Waals surface area contributed by atoms with Crippen LogP contribution in [0.25, 0.3) is 6.08 Å². The standard InChI is InChI=1S/C18H17N3O4S/c1-11(22)21-8-7-12-5-3-4-6-13(12)14(21)9-16(23)20-18-19-10-15(26-18)17(24)25-2/h3-8,10,14H,9H2,1-2H3,(H,19,20,23)/t14-/m0/s1. The topological polar surface area (TPSA) is 88.6 Å². The van der Waals surface area contributed by atoms with Gasteiger partial charge in [-0.15, -0.1) is 0 Å². The van der Waals surface area contributed by atoms with Crippen molar-refractivity contribution in [1.82, 2.24) is 9.88 Å². The van der Waals surface area contributed by atoms with Gasteiger partial charge >= 0.3 is 5.97 Å². The van der Waals surface area contributed by atoms with Crippen LogP contribution in [0.4, 0.5) is 5.13 Å². The van der Waals surface area contributed by atoms with Crippen molar-refractivity contribution in [3.63, 3.8) is 0 Å². The minimum Gasteiger partial charge on any atom is -0.465 e. The molecule has 26 heavy (non-hydrogen) atoms. The predicted octanol–water partition coefficient (Wildman–Crippen LogP) is 2.83. The molecule has 8 heteroatoms. The van der Waals surface area contributed by atoms with Gasteiger partial charge < -0.3 is 15.0 Å². The molecule has 1 aromatic heterocycles. The van der Waals surface area contributed by atoms with Gasteiger partial charge in [-0.3, -0.25) is 9.59 Å². The summed E-state index contributed by atoms with van der Waals surface area (Å²) in [5.41, 5.74) is 1.89. The van der Waals surface area contributed by atoms with Crippen molar-refractivity contribution in [2.75, 3.05) is 12.4 Å². The minimum absolute atomic E-state index is 0.0775. The van der Waals surface area contributed by atoms with Crippen LogP contribution in [0.2, 0.25) is 0 Å². The maximum absolute atomic E-state index is 12.5. The molecule has 0 spiro atoms. The van der Waals surface area contributed by atoms with E-state index in [0.717, 1.165) is 22.5 Å². The monoisotopic (exact) mass is 371 g/mol. The molecule has 0 aliphatic carbocycles. The van der Waals surface area contributed by atoms with Crippen LogP contribution in [0, 0.1) is 0 Å². The number of anilines is 1. The number of methoxy groups -OCH3 is 1. The van der Waals surface area contributed by atoms with Crippen molar-refractivity contribution >= 4 is 40.3 Å². The molecule has 0 unspecified atom stereocenters. The molecular weight excluding hydrogens is 354 g/mol. The van der Waals surface area contributed by atoms with Crippen LogP contribution in [-0.2, 0) is 14.3 Å². The van der Waals surface area contributed by atoms with E-state index in [4.69, 9.17) is 0 Å². The number of amides is 2. The molecule has 1 atom stereocenters. The fraction of sp³-hybridized carbons (Fsp3) is 0.222. The van der Waals surface area contributed by atoms with Crippen molar-refractivity contribution in [2.24, 2.45) is 0 Å². The van der Waals surface area contributed by atoms with E-state index < -0.39 is 12.0 Å². The van der Waals surface area contributed by atoms with E-state index in [9.17, 15) is 14.4 Å². The highest BCUT2D eigenvalue weighted by Gasteiger charge is 2.28. The number of ether oxygens (including phenoxy) is 1. The molecule has 7 nitrogen and oxygen atoms in total. The van der Waals surface area contributed by atoms with Crippen molar-refractivity contribution in [1.29, 1.82) is 0 Å². The van der Waals surface area contributed by atoms with E-state index >= 15 is 0 Å². The SMILES string of the molecule is COC(=O)c1cnc(NC(=O)C[C@H]2c3ccccc3C=CN2C(C)=O)s1. The average molecular weight is 371 g/mol. The highest BCUT2D eigenvalue weighted by atomic mass is 32.1. The zero-order valence-corrected chi connectivity index (χ0v) is 15.1. The summed E-state index contributed by atoms with van der Waals surface area (Å²) in [7, 11) is 1.28. The first-order chi connectivity index (χ1) is 12.5. The maximum atomic E-state index is 12.5. The molecule has 0 bridgehead atoms. The van der Waals surface area contributed by atoms with Crippen molar-refractivity contribution in [3.05, 3.63) is 52.7 Å². The Morgan fingerprint density at radius 1 is 1.31 bits per heavy atom. The number of aromatic nitrogens is 1. The highest BCUT2D eigenvalue weighted by molar-refractivity contribution is 7.17. The number of rotatable bonds is 4. The Kier molecular flexibility index (Phi) is 5.13. The fourth-order valence-electron chi connectivity index (χ4n) is 2.79. The summed E-state index contributed by atoms with van der Waals surface area (Å²) in [4.78, 5) is 41.8. The zero-order valence-electron chi connectivity index (χ0n) is 14.3. The van der Waals surface area contributed by atoms with Crippen molar-refractivity contribution in [3.8, 4) is 0 Å². The number of nitrogens with one attached hydrogen (secondary N) is 1. The summed E-state index contributed by atoms with van der Waals surface area (Å²) in [5, 5.41) is 2.99. The Labute approximate surface area is 154 Å². The number of benzene rings is 1. The van der Waals surface area contributed by atoms with Gasteiger partial charge in [0.05, 0.1) is 25.8 Å². The lowest BCUT2D eigenvalue weighted by atomic mass is 9.93. The summed E-state index contributed by atoms with van der Waals surface area (Å²) < 4.78 is 4.62. The molecule has 2 amide bonds. The summed E-state index contributed by atoms with van der Waals surface area (Å²) >= 11 is 1.04. The van der Waals surface area contributed by atoms with Crippen LogP contribution in [-0.4, -0.2) is 34.8 Å². The summed E-state index contributed by atoms with van der Waals surface area (Å²) in [6, 6.07) is 7.25. The molecule has 1 N–H and O–H groups in total. The quantitative estimate of drug-likeness (QED) is 0.835. The van der Waals surface area contributed by atoms with Crippen LogP contribution >= 0.6 is 11.3 Å². The number of thiazole rings is 1. The third-order valence-corrected chi connectivity index (χ3v) is 4.88. The third kappa shape index (κ3) is 3.65. The van der Waals surface area contributed by atoms with E-state index in [0.29, 0.717) is 10.0 Å². The Hall–Kier alpha value is -3.00. The van der Waals surface area contributed by atoms with Crippen LogP contribution in [0.5, 0.6) is 0 Å². The molecule has 2 heterocycles. The van der Waals surface area contributed by atoms with Gasteiger partial charge in [0.2, 0.25) is 11.8 Å². The fourth-order valence-corrected chi connectivity index (χ4v) is 3.54. The Morgan fingerprint density at radius 3 is 2.81 bits per heavy atom. The number of fused-ring (bicyclic) bond motifs is 1. The maximum Gasteiger partial charge on any atom is 0.349 e. The summed E-state index contributed by atoms with van der Waals surface area (Å²) in [6.07, 6.45) is 4.98. The molecule has 0 radical (unpaired) electrons. The normalized spacial score (nSPS) is 15.3. The number of hydrogen-bond donors (Lipinski definition) is 1. The molecule has 1 aliphatic heterocycles. The number of carbonyl (C=O) groups is 3. The van der Waals surface area contributed by atoms with Crippen LogP contribution < -0.4 is 5.32 Å². The number of carbonyl (C=O) groups excluding carboxylic acids is 3. The van der Waals surface area contributed by atoms with Crippen LogP contribution in [0.15, 0.2) is 36.7 Å². The third-order valence-electron chi connectivity index (χ3n) is 3.99. The second-order valence-corrected chi connectivity index (χ2v) is 6.69. The molecule has 0 saturated heterocycles. The molecular formula is C18H17N3O4S. The Morgan fingerprint density at radius 2 is 2.08 bits per heavy atom. The van der Waals surface area contributed by atoms with Crippen molar-refractivity contribution in [2.45, 2.75) is 19.4 Å². The molecule has 1 aliphatic rings. The number of hydrogen-bond acceptors (Lipinski definition) is 6. The number of esters is 1. The zero-order chi connectivity index (χ0) is 18.7. The molecule has 0 fully saturated rings. The molecule has 0 saturated carbocycles. The van der Waals surface area contributed by atoms with Gasteiger partial charge in [-0.05, 0) is 17.2 Å². The second kappa shape index (κ2) is 7.49. The number of nitrogens with zero attached hydrogens (tertiary/aromatic N) is 2. The minimum atomic E-state index is -0.503. The molecule has 134 valence electrons. The summed E-state index contributed by atoms with van der Waals surface area (Å²) in [6.45, 7) is 1.46. The molecule has 3 rings (SSSR count). The van der Waals surface area contributed by atoms with Gasteiger partial charge in [0.15, 0.2) is 5.13 Å². The van der Waals surface area contributed by atoms with Gasteiger partial charge in [0.25, 0.3) is 0 Å². The van der Waals surface area contributed by atoms with E-state index in [1.807, 2.05) is 30.3 Å². The first kappa shape index (κ1) is 17.8. The average Bonchev–Trinajstić information content (AvgIpc) is 3.09. The van der Waals surface area contributed by atoms with Crippen molar-refractivity contribution < 1.29 is 19.1 Å². The van der Waals surface area contributed by atoms with E-state index in [1.165, 1.54) is 20.2 Å². The summed E-state index contributed by atoms with van der Waals surface area (Å²) in [5.74, 6) is -0.940. The van der Waals surface area contributed by atoms with Gasteiger partial charge in [-0.25, -0.2) is 9.78 Å². The van der Waals surface area contributed by atoms with Crippen LogP contribution in [0.3, 0.4) is 0 Å². The van der Waals surface area contributed by atoms with Gasteiger partial charge in [-0.1, -0.05) is 35.6 Å². The molecule has 1 aromatic carbocycles. The lowest BCUT2D eigenvalue weighted by Gasteiger charge is -2.32. The first-order valence-electron chi connectivity index (χ1n) is 7.89. The molecule has 2 aromatic rings. The first-order valence-corrected chi connectivity index (χ1v) is 8.71.